The minimum atomic E-state index is -0.881. The van der Waals surface area contributed by atoms with Crippen LogP contribution in [0.4, 0.5) is 0 Å². The summed E-state index contributed by atoms with van der Waals surface area (Å²) >= 11 is 0. The number of rotatable bonds is 3. The van der Waals surface area contributed by atoms with E-state index >= 15 is 0 Å². The zero-order chi connectivity index (χ0) is 10.6. The van der Waals surface area contributed by atoms with Gasteiger partial charge in [0.25, 0.3) is 0 Å². The molecule has 0 fully saturated rings. The van der Waals surface area contributed by atoms with E-state index in [1.54, 1.807) is 24.4 Å². The van der Waals surface area contributed by atoms with Crippen molar-refractivity contribution < 1.29 is 14.3 Å². The summed E-state index contributed by atoms with van der Waals surface area (Å²) in [4.78, 5) is 25.8. The van der Waals surface area contributed by atoms with Crippen molar-refractivity contribution in [3.05, 3.63) is 30.1 Å². The highest BCUT2D eigenvalue weighted by molar-refractivity contribution is 5.83. The summed E-state index contributed by atoms with van der Waals surface area (Å²) in [6, 6.07) is 5.12. The summed E-state index contributed by atoms with van der Waals surface area (Å²) < 4.78 is 4.85. The predicted molar refractivity (Wildman–Crippen MR) is 49.4 cm³/mol. The molecule has 1 unspecified atom stereocenters. The highest BCUT2D eigenvalue weighted by Crippen LogP contribution is 2.15. The van der Waals surface area contributed by atoms with Crippen LogP contribution in [0.25, 0.3) is 0 Å². The van der Waals surface area contributed by atoms with Crippen LogP contribution in [0.2, 0.25) is 0 Å². The molecule has 14 heavy (non-hydrogen) atoms. The van der Waals surface area contributed by atoms with Crippen molar-refractivity contribution in [2.24, 2.45) is 0 Å². The van der Waals surface area contributed by atoms with Gasteiger partial charge in [-0.2, -0.15) is 0 Å². The fourth-order valence-electron chi connectivity index (χ4n) is 1.05. The van der Waals surface area contributed by atoms with Crippen LogP contribution in [-0.4, -0.2) is 16.7 Å². The number of ether oxygens (including phenoxy) is 1. The minimum absolute atomic E-state index is 0.237. The van der Waals surface area contributed by atoms with E-state index in [1.165, 1.54) is 13.8 Å². The second-order valence-corrected chi connectivity index (χ2v) is 2.85. The van der Waals surface area contributed by atoms with E-state index in [2.05, 4.69) is 4.98 Å². The lowest BCUT2D eigenvalue weighted by atomic mass is 10.1. The van der Waals surface area contributed by atoms with Gasteiger partial charge in [0, 0.05) is 13.1 Å². The molecule has 0 saturated carbocycles. The van der Waals surface area contributed by atoms with Gasteiger partial charge in [-0.3, -0.25) is 14.6 Å². The van der Waals surface area contributed by atoms with E-state index < -0.39 is 12.1 Å². The molecule has 0 aliphatic rings. The molecule has 1 aromatic rings. The molecule has 0 aliphatic carbocycles. The van der Waals surface area contributed by atoms with Crippen molar-refractivity contribution >= 4 is 11.8 Å². The first kappa shape index (κ1) is 10.4. The third-order valence-electron chi connectivity index (χ3n) is 1.61. The summed E-state index contributed by atoms with van der Waals surface area (Å²) in [6.07, 6.45) is 0.670. The Hall–Kier alpha value is -1.71. The maximum Gasteiger partial charge on any atom is 0.303 e. The molecule has 0 saturated heterocycles. The number of esters is 1. The van der Waals surface area contributed by atoms with Crippen molar-refractivity contribution in [3.8, 4) is 0 Å². The largest absolute Gasteiger partial charge is 0.448 e. The van der Waals surface area contributed by atoms with Crippen LogP contribution in [0.1, 0.15) is 25.6 Å². The van der Waals surface area contributed by atoms with E-state index in [9.17, 15) is 9.59 Å². The van der Waals surface area contributed by atoms with Gasteiger partial charge in [-0.25, -0.2) is 0 Å². The minimum Gasteiger partial charge on any atom is -0.448 e. The molecule has 0 aromatic carbocycles. The number of hydrogen-bond acceptors (Lipinski definition) is 4. The number of ketones is 1. The molecule has 1 aromatic heterocycles. The standard InChI is InChI=1S/C10H11NO3/c1-7(12)10(14-8(2)13)9-5-3-4-6-11-9/h3-6,10H,1-2H3. The molecule has 0 aliphatic heterocycles. The van der Waals surface area contributed by atoms with Gasteiger partial charge in [-0.05, 0) is 19.1 Å². The van der Waals surface area contributed by atoms with Gasteiger partial charge in [-0.15, -0.1) is 0 Å². The van der Waals surface area contributed by atoms with Crippen LogP contribution in [0.15, 0.2) is 24.4 Å². The maximum atomic E-state index is 11.2. The Bertz CT molecular complexity index is 334. The second-order valence-electron chi connectivity index (χ2n) is 2.85. The smallest absolute Gasteiger partial charge is 0.303 e. The Morgan fingerprint density at radius 2 is 2.07 bits per heavy atom. The van der Waals surface area contributed by atoms with Gasteiger partial charge in [-0.1, -0.05) is 6.07 Å². The number of pyridine rings is 1. The lowest BCUT2D eigenvalue weighted by Crippen LogP contribution is -2.16. The number of carbonyl (C=O) groups excluding carboxylic acids is 2. The molecule has 0 amide bonds. The van der Waals surface area contributed by atoms with Crippen LogP contribution >= 0.6 is 0 Å². The average Bonchev–Trinajstić information content (AvgIpc) is 2.15. The molecule has 1 atom stereocenters. The number of carbonyl (C=O) groups is 2. The molecule has 4 heteroatoms. The summed E-state index contributed by atoms with van der Waals surface area (Å²) in [5.41, 5.74) is 0.454. The zero-order valence-electron chi connectivity index (χ0n) is 8.06. The summed E-state index contributed by atoms with van der Waals surface area (Å²) in [5, 5.41) is 0. The molecule has 0 radical (unpaired) electrons. The van der Waals surface area contributed by atoms with Crippen molar-refractivity contribution in [1.29, 1.82) is 0 Å². The Labute approximate surface area is 81.9 Å². The van der Waals surface area contributed by atoms with Gasteiger partial charge in [0.05, 0.1) is 5.69 Å². The van der Waals surface area contributed by atoms with Crippen molar-refractivity contribution in [3.63, 3.8) is 0 Å². The van der Waals surface area contributed by atoms with Gasteiger partial charge in [0.2, 0.25) is 6.10 Å². The number of hydrogen-bond donors (Lipinski definition) is 0. The van der Waals surface area contributed by atoms with Gasteiger partial charge in [0.1, 0.15) is 0 Å². The fourth-order valence-corrected chi connectivity index (χ4v) is 1.05. The van der Waals surface area contributed by atoms with E-state index in [1.807, 2.05) is 0 Å². The Morgan fingerprint density at radius 1 is 1.36 bits per heavy atom. The summed E-state index contributed by atoms with van der Waals surface area (Å²) in [6.45, 7) is 2.63. The van der Waals surface area contributed by atoms with E-state index in [-0.39, 0.29) is 5.78 Å². The molecular weight excluding hydrogens is 182 g/mol. The molecule has 1 rings (SSSR count). The van der Waals surface area contributed by atoms with Crippen LogP contribution in [-0.2, 0) is 14.3 Å². The first-order valence-corrected chi connectivity index (χ1v) is 4.20. The second kappa shape index (κ2) is 4.50. The maximum absolute atomic E-state index is 11.2. The van der Waals surface area contributed by atoms with E-state index in [0.29, 0.717) is 5.69 Å². The average molecular weight is 193 g/mol. The van der Waals surface area contributed by atoms with Gasteiger partial charge < -0.3 is 4.74 Å². The van der Waals surface area contributed by atoms with Gasteiger partial charge in [0.15, 0.2) is 5.78 Å². The Morgan fingerprint density at radius 3 is 2.50 bits per heavy atom. The molecule has 74 valence electrons. The monoisotopic (exact) mass is 193 g/mol. The van der Waals surface area contributed by atoms with Crippen LogP contribution < -0.4 is 0 Å². The number of aromatic nitrogens is 1. The zero-order valence-corrected chi connectivity index (χ0v) is 8.06. The van der Waals surface area contributed by atoms with Crippen LogP contribution in [0.5, 0.6) is 0 Å². The van der Waals surface area contributed by atoms with Crippen LogP contribution in [0.3, 0.4) is 0 Å². The van der Waals surface area contributed by atoms with E-state index in [4.69, 9.17) is 4.74 Å². The lowest BCUT2D eigenvalue weighted by Gasteiger charge is -2.12. The topological polar surface area (TPSA) is 56.3 Å². The normalized spacial score (nSPS) is 11.9. The molecule has 0 N–H and O–H groups in total. The van der Waals surface area contributed by atoms with Crippen molar-refractivity contribution in [2.45, 2.75) is 20.0 Å². The third-order valence-corrected chi connectivity index (χ3v) is 1.61. The third kappa shape index (κ3) is 2.65. The molecular formula is C10H11NO3. The SMILES string of the molecule is CC(=O)OC(C(C)=O)c1ccccn1. The summed E-state index contributed by atoms with van der Waals surface area (Å²) in [5.74, 6) is -0.727. The summed E-state index contributed by atoms with van der Waals surface area (Å²) in [7, 11) is 0. The quantitative estimate of drug-likeness (QED) is 0.678. The first-order valence-electron chi connectivity index (χ1n) is 4.20. The lowest BCUT2D eigenvalue weighted by molar-refractivity contribution is -0.153. The van der Waals surface area contributed by atoms with E-state index in [0.717, 1.165) is 0 Å². The number of Topliss-reactive ketones (excluding diaryl/α,β-unsaturated/α-hetero) is 1. The molecule has 1 heterocycles. The highest BCUT2D eigenvalue weighted by Gasteiger charge is 2.20. The van der Waals surface area contributed by atoms with Crippen molar-refractivity contribution in [1.82, 2.24) is 4.98 Å². The van der Waals surface area contributed by atoms with Crippen LogP contribution in [0, 0.1) is 0 Å². The predicted octanol–water partition coefficient (Wildman–Crippen LogP) is 1.27. The van der Waals surface area contributed by atoms with Crippen molar-refractivity contribution in [2.75, 3.05) is 0 Å². The van der Waals surface area contributed by atoms with Gasteiger partial charge >= 0.3 is 5.97 Å². The molecule has 4 nitrogen and oxygen atoms in total. The fraction of sp³-hybridized carbons (Fsp3) is 0.300. The Kier molecular flexibility index (Phi) is 3.34. The highest BCUT2D eigenvalue weighted by atomic mass is 16.5. The first-order chi connectivity index (χ1) is 6.61. The Balaban J connectivity index is 2.89. The molecule has 0 bridgehead atoms. The molecule has 0 spiro atoms. The number of nitrogens with zero attached hydrogens (tertiary/aromatic N) is 1.